The normalized spacial score (nSPS) is 10.6. The van der Waals surface area contributed by atoms with Crippen molar-refractivity contribution in [1.29, 1.82) is 0 Å². The van der Waals surface area contributed by atoms with E-state index in [-0.39, 0.29) is 17.4 Å². The number of hydrogen-bond acceptors (Lipinski definition) is 6. The summed E-state index contributed by atoms with van der Waals surface area (Å²) in [5, 5.41) is 12.1. The average molecular weight is 425 g/mol. The summed E-state index contributed by atoms with van der Waals surface area (Å²) in [6.07, 6.45) is 0.653. The second-order valence-corrected chi connectivity index (χ2v) is 7.58. The lowest BCUT2D eigenvalue weighted by molar-refractivity contribution is -0.113. The van der Waals surface area contributed by atoms with Crippen LogP contribution in [0.15, 0.2) is 53.7 Å². The Bertz CT molecular complexity index is 1010. The van der Waals surface area contributed by atoms with E-state index in [1.807, 2.05) is 35.8 Å². The highest BCUT2D eigenvalue weighted by Crippen LogP contribution is 2.20. The molecule has 1 N–H and O–H groups in total. The molecule has 0 radical (unpaired) electrons. The highest BCUT2D eigenvalue weighted by atomic mass is 32.2. The molecule has 0 aliphatic carbocycles. The van der Waals surface area contributed by atoms with Crippen LogP contribution in [0, 0.1) is 0 Å². The van der Waals surface area contributed by atoms with Crippen LogP contribution < -0.4 is 10.1 Å². The van der Waals surface area contributed by atoms with Gasteiger partial charge in [0.2, 0.25) is 5.91 Å². The molecule has 8 heteroatoms. The first kappa shape index (κ1) is 21.6. The van der Waals surface area contributed by atoms with E-state index in [9.17, 15) is 9.59 Å². The third-order valence-electron chi connectivity index (χ3n) is 4.54. The maximum absolute atomic E-state index is 12.3. The zero-order valence-corrected chi connectivity index (χ0v) is 18.0. The fourth-order valence-electron chi connectivity index (χ4n) is 2.92. The number of ketones is 1. The van der Waals surface area contributed by atoms with Gasteiger partial charge in [-0.25, -0.2) is 0 Å². The molecule has 1 aromatic heterocycles. The number of benzene rings is 2. The van der Waals surface area contributed by atoms with Crippen LogP contribution in [0.2, 0.25) is 0 Å². The summed E-state index contributed by atoms with van der Waals surface area (Å²) >= 11 is 1.35. The zero-order chi connectivity index (χ0) is 21.5. The molecule has 0 saturated carbocycles. The minimum absolute atomic E-state index is 0.00669. The number of hydrogen-bond donors (Lipinski definition) is 1. The number of Topliss-reactive ketones (excluding diaryl/α,β-unsaturated/α-hetero) is 1. The number of anilines is 1. The van der Waals surface area contributed by atoms with Crippen molar-refractivity contribution in [2.75, 3.05) is 18.2 Å². The van der Waals surface area contributed by atoms with Crippen LogP contribution in [-0.4, -0.2) is 39.3 Å². The summed E-state index contributed by atoms with van der Waals surface area (Å²) in [4.78, 5) is 23.6. The van der Waals surface area contributed by atoms with Crippen LogP contribution in [0.5, 0.6) is 5.75 Å². The Kier molecular flexibility index (Phi) is 7.24. The minimum atomic E-state index is -0.141. The quantitative estimate of drug-likeness (QED) is 0.415. The molecule has 7 nitrogen and oxygen atoms in total. The molecule has 0 spiro atoms. The molecule has 1 heterocycles. The lowest BCUT2D eigenvalue weighted by Gasteiger charge is -2.08. The Morgan fingerprint density at radius 2 is 1.77 bits per heavy atom. The molecule has 1 amide bonds. The van der Waals surface area contributed by atoms with Crippen molar-refractivity contribution < 1.29 is 14.3 Å². The van der Waals surface area contributed by atoms with Gasteiger partial charge in [0.05, 0.1) is 12.9 Å². The Morgan fingerprint density at radius 3 is 2.37 bits per heavy atom. The number of thioether (sulfide) groups is 1. The molecule has 0 saturated heterocycles. The van der Waals surface area contributed by atoms with Crippen LogP contribution in [0.1, 0.15) is 35.6 Å². The number of methoxy groups -OCH3 is 1. The number of carbonyl (C=O) groups is 2. The molecule has 0 aliphatic rings. The number of carbonyl (C=O) groups excluding carboxylic acids is 2. The predicted octanol–water partition coefficient (Wildman–Crippen LogP) is 3.83. The van der Waals surface area contributed by atoms with Gasteiger partial charge in [-0.2, -0.15) is 0 Å². The minimum Gasteiger partial charge on any atom is -0.497 e. The van der Waals surface area contributed by atoms with E-state index >= 15 is 0 Å². The average Bonchev–Trinajstić information content (AvgIpc) is 3.14. The van der Waals surface area contributed by atoms with Gasteiger partial charge in [0.15, 0.2) is 10.9 Å². The smallest absolute Gasteiger partial charge is 0.234 e. The first-order valence-corrected chi connectivity index (χ1v) is 10.6. The van der Waals surface area contributed by atoms with Crippen LogP contribution in [-0.2, 0) is 17.8 Å². The van der Waals surface area contributed by atoms with Crippen LogP contribution in [0.3, 0.4) is 0 Å². The third kappa shape index (κ3) is 5.48. The van der Waals surface area contributed by atoms with Crippen molar-refractivity contribution >= 4 is 29.1 Å². The number of ether oxygens (including phenoxy) is 1. The standard InChI is InChI=1S/C22H24N4O3S/c1-4-26-20(13-16-5-11-19(29-3)12-6-16)24-25-22(26)30-14-21(28)23-18-9-7-17(8-10-18)15(2)27/h5-12H,4,13-14H2,1-3H3,(H,23,28). The molecular weight excluding hydrogens is 400 g/mol. The predicted molar refractivity (Wildman–Crippen MR) is 117 cm³/mol. The SMILES string of the molecule is CCn1c(Cc2ccc(OC)cc2)nnc1SCC(=O)Nc1ccc(C(C)=O)cc1. The van der Waals surface area contributed by atoms with E-state index in [1.165, 1.54) is 18.7 Å². The van der Waals surface area contributed by atoms with Gasteiger partial charge >= 0.3 is 0 Å². The van der Waals surface area contributed by atoms with Crippen molar-refractivity contribution in [2.45, 2.75) is 32.0 Å². The van der Waals surface area contributed by atoms with E-state index in [1.54, 1.807) is 31.4 Å². The number of nitrogens with zero attached hydrogens (tertiary/aromatic N) is 3. The molecule has 0 fully saturated rings. The van der Waals surface area contributed by atoms with E-state index < -0.39 is 0 Å². The van der Waals surface area contributed by atoms with Crippen molar-refractivity contribution in [1.82, 2.24) is 14.8 Å². The Balaban J connectivity index is 1.59. The van der Waals surface area contributed by atoms with Crippen LogP contribution >= 0.6 is 11.8 Å². The van der Waals surface area contributed by atoms with Gasteiger partial charge in [0, 0.05) is 24.2 Å². The molecule has 2 aromatic carbocycles. The summed E-state index contributed by atoms with van der Waals surface area (Å²) in [5.74, 6) is 1.74. The number of nitrogens with one attached hydrogen (secondary N) is 1. The molecule has 30 heavy (non-hydrogen) atoms. The summed E-state index contributed by atoms with van der Waals surface area (Å²) in [5.41, 5.74) is 2.38. The first-order chi connectivity index (χ1) is 14.5. The molecule has 3 aromatic rings. The van der Waals surface area contributed by atoms with Gasteiger partial charge in [-0.3, -0.25) is 9.59 Å². The zero-order valence-electron chi connectivity index (χ0n) is 17.2. The monoisotopic (exact) mass is 424 g/mol. The maximum Gasteiger partial charge on any atom is 0.234 e. The molecular formula is C22H24N4O3S. The third-order valence-corrected chi connectivity index (χ3v) is 5.51. The highest BCUT2D eigenvalue weighted by Gasteiger charge is 2.14. The largest absolute Gasteiger partial charge is 0.497 e. The molecule has 0 aliphatic heterocycles. The van der Waals surface area contributed by atoms with Crippen molar-refractivity contribution in [3.8, 4) is 5.75 Å². The summed E-state index contributed by atoms with van der Waals surface area (Å²) in [7, 11) is 1.64. The van der Waals surface area contributed by atoms with Gasteiger partial charge in [-0.1, -0.05) is 23.9 Å². The molecule has 0 unspecified atom stereocenters. The van der Waals surface area contributed by atoms with Crippen molar-refractivity contribution in [2.24, 2.45) is 0 Å². The maximum atomic E-state index is 12.3. The van der Waals surface area contributed by atoms with Gasteiger partial charge in [0.25, 0.3) is 0 Å². The van der Waals surface area contributed by atoms with E-state index in [0.29, 0.717) is 22.8 Å². The number of amides is 1. The van der Waals surface area contributed by atoms with E-state index in [0.717, 1.165) is 23.7 Å². The van der Waals surface area contributed by atoms with Gasteiger partial charge in [-0.05, 0) is 55.8 Å². The summed E-state index contributed by atoms with van der Waals surface area (Å²) in [6, 6.07) is 14.7. The summed E-state index contributed by atoms with van der Waals surface area (Å²) in [6.45, 7) is 4.26. The molecule has 156 valence electrons. The van der Waals surface area contributed by atoms with Gasteiger partial charge < -0.3 is 14.6 Å². The number of aromatic nitrogens is 3. The van der Waals surface area contributed by atoms with Crippen molar-refractivity contribution in [3.05, 3.63) is 65.5 Å². The Hall–Kier alpha value is -3.13. The first-order valence-electron chi connectivity index (χ1n) is 9.58. The van der Waals surface area contributed by atoms with Crippen LogP contribution in [0.4, 0.5) is 5.69 Å². The molecule has 0 bridgehead atoms. The second-order valence-electron chi connectivity index (χ2n) is 6.64. The topological polar surface area (TPSA) is 86.1 Å². The fourth-order valence-corrected chi connectivity index (χ4v) is 3.74. The van der Waals surface area contributed by atoms with Gasteiger partial charge in [0.1, 0.15) is 11.6 Å². The van der Waals surface area contributed by atoms with Crippen LogP contribution in [0.25, 0.3) is 0 Å². The van der Waals surface area contributed by atoms with Gasteiger partial charge in [-0.15, -0.1) is 10.2 Å². The Morgan fingerprint density at radius 1 is 1.07 bits per heavy atom. The highest BCUT2D eigenvalue weighted by molar-refractivity contribution is 7.99. The van der Waals surface area contributed by atoms with E-state index in [4.69, 9.17) is 4.74 Å². The number of rotatable bonds is 9. The lowest BCUT2D eigenvalue weighted by atomic mass is 10.1. The Labute approximate surface area is 179 Å². The van der Waals surface area contributed by atoms with Crippen molar-refractivity contribution in [3.63, 3.8) is 0 Å². The summed E-state index contributed by atoms with van der Waals surface area (Å²) < 4.78 is 7.21. The molecule has 3 rings (SSSR count). The second kappa shape index (κ2) is 10.1. The lowest BCUT2D eigenvalue weighted by Crippen LogP contribution is -2.15. The fraction of sp³-hybridized carbons (Fsp3) is 0.273. The molecule has 0 atom stereocenters. The van der Waals surface area contributed by atoms with E-state index in [2.05, 4.69) is 15.5 Å².